The minimum absolute atomic E-state index is 0.106. The van der Waals surface area contributed by atoms with Crippen LogP contribution in [0.2, 0.25) is 0 Å². The molecule has 1 saturated heterocycles. The van der Waals surface area contributed by atoms with Crippen molar-refractivity contribution < 1.29 is 8.42 Å². The Morgan fingerprint density at radius 3 is 2.32 bits per heavy atom. The average molecular weight is 312 g/mol. The van der Waals surface area contributed by atoms with Crippen molar-refractivity contribution in [3.8, 4) is 0 Å². The van der Waals surface area contributed by atoms with E-state index < -0.39 is 10.0 Å². The van der Waals surface area contributed by atoms with Gasteiger partial charge in [-0.05, 0) is 27.3 Å². The summed E-state index contributed by atoms with van der Waals surface area (Å²) >= 11 is 5.53. The van der Waals surface area contributed by atoms with E-state index in [9.17, 15) is 8.42 Å². The maximum atomic E-state index is 11.8. The molecule has 0 unspecified atom stereocenters. The number of alkyl halides is 1. The van der Waals surface area contributed by atoms with Crippen LogP contribution < -0.4 is 4.72 Å². The number of rotatable bonds is 7. The molecule has 0 amide bonds. The number of hydrogen-bond acceptors (Lipinski definition) is 4. The fourth-order valence-corrected chi connectivity index (χ4v) is 3.66. The molecule has 0 aromatic carbocycles. The molecular formula is C12H26ClN3O2S. The average Bonchev–Trinajstić information content (AvgIpc) is 2.35. The van der Waals surface area contributed by atoms with Crippen molar-refractivity contribution in [1.82, 2.24) is 14.5 Å². The lowest BCUT2D eigenvalue weighted by Crippen LogP contribution is -2.57. The first-order valence-electron chi connectivity index (χ1n) is 6.74. The number of likely N-dealkylation sites (N-methyl/N-ethyl adjacent to an activating group) is 1. The first-order valence-corrected chi connectivity index (χ1v) is 8.92. The molecular weight excluding hydrogens is 286 g/mol. The van der Waals surface area contributed by atoms with Crippen LogP contribution in [-0.4, -0.2) is 75.2 Å². The largest absolute Gasteiger partial charge is 0.304 e. The van der Waals surface area contributed by atoms with E-state index in [2.05, 4.69) is 35.4 Å². The van der Waals surface area contributed by atoms with Crippen LogP contribution in [-0.2, 0) is 10.0 Å². The van der Waals surface area contributed by atoms with E-state index in [4.69, 9.17) is 11.6 Å². The van der Waals surface area contributed by atoms with Crippen LogP contribution in [0.3, 0.4) is 0 Å². The van der Waals surface area contributed by atoms with Crippen LogP contribution in [0.1, 0.15) is 20.3 Å². The second-order valence-corrected chi connectivity index (χ2v) is 8.09. The van der Waals surface area contributed by atoms with E-state index in [0.29, 0.717) is 18.8 Å². The molecule has 0 aromatic rings. The van der Waals surface area contributed by atoms with Crippen molar-refractivity contribution >= 4 is 21.6 Å². The number of sulfonamides is 1. The summed E-state index contributed by atoms with van der Waals surface area (Å²) in [7, 11) is -1.09. The first-order chi connectivity index (χ1) is 8.77. The Labute approximate surface area is 122 Å². The van der Waals surface area contributed by atoms with Gasteiger partial charge >= 0.3 is 0 Å². The Balaban J connectivity index is 2.46. The number of hydrogen-bond donors (Lipinski definition) is 1. The molecule has 1 rings (SSSR count). The minimum Gasteiger partial charge on any atom is -0.304 e. The summed E-state index contributed by atoms with van der Waals surface area (Å²) in [6.07, 6.45) is 0.492. The summed E-state index contributed by atoms with van der Waals surface area (Å²) in [6.45, 7) is 8.64. The molecule has 1 heterocycles. The summed E-state index contributed by atoms with van der Waals surface area (Å²) in [6, 6.07) is 0. The van der Waals surface area contributed by atoms with Crippen LogP contribution in [0.4, 0.5) is 0 Å². The van der Waals surface area contributed by atoms with E-state index in [1.54, 1.807) is 0 Å². The van der Waals surface area contributed by atoms with Gasteiger partial charge in [0.1, 0.15) is 0 Å². The highest BCUT2D eigenvalue weighted by Gasteiger charge is 2.30. The molecule has 5 nitrogen and oxygen atoms in total. The summed E-state index contributed by atoms with van der Waals surface area (Å²) in [5.41, 5.74) is -0.157. The number of nitrogens with zero attached hydrogens (tertiary/aromatic N) is 2. The third-order valence-corrected chi connectivity index (χ3v) is 5.31. The maximum absolute atomic E-state index is 11.8. The van der Waals surface area contributed by atoms with Crippen LogP contribution in [0.5, 0.6) is 0 Å². The predicted octanol–water partition coefficient (Wildman–Crippen LogP) is 0.561. The van der Waals surface area contributed by atoms with Gasteiger partial charge in [0.15, 0.2) is 0 Å². The highest BCUT2D eigenvalue weighted by Crippen LogP contribution is 2.16. The third kappa shape index (κ3) is 5.95. The van der Waals surface area contributed by atoms with Crippen molar-refractivity contribution in [2.45, 2.75) is 25.8 Å². The maximum Gasteiger partial charge on any atom is 0.211 e. The molecule has 19 heavy (non-hydrogen) atoms. The van der Waals surface area contributed by atoms with Gasteiger partial charge in [-0.1, -0.05) is 0 Å². The Hall–Kier alpha value is 0.120. The van der Waals surface area contributed by atoms with E-state index in [0.717, 1.165) is 26.2 Å². The van der Waals surface area contributed by atoms with E-state index in [1.807, 2.05) is 0 Å². The highest BCUT2D eigenvalue weighted by atomic mass is 35.5. The SMILES string of the molecule is CN1CCN(C(C)(C)CNS(=O)(=O)CCCCl)CC1. The first kappa shape index (κ1) is 17.2. The second kappa shape index (κ2) is 7.22. The van der Waals surface area contributed by atoms with Gasteiger partial charge in [-0.3, -0.25) is 4.90 Å². The molecule has 7 heteroatoms. The molecule has 0 radical (unpaired) electrons. The topological polar surface area (TPSA) is 52.6 Å². The van der Waals surface area contributed by atoms with Crippen LogP contribution >= 0.6 is 11.6 Å². The van der Waals surface area contributed by atoms with E-state index >= 15 is 0 Å². The van der Waals surface area contributed by atoms with Crippen molar-refractivity contribution in [1.29, 1.82) is 0 Å². The zero-order valence-corrected chi connectivity index (χ0v) is 13.7. The van der Waals surface area contributed by atoms with Crippen molar-refractivity contribution in [2.75, 3.05) is 51.4 Å². The summed E-state index contributed by atoms with van der Waals surface area (Å²) < 4.78 is 26.2. The van der Waals surface area contributed by atoms with Gasteiger partial charge < -0.3 is 4.90 Å². The minimum atomic E-state index is -3.20. The van der Waals surface area contributed by atoms with Crippen LogP contribution in [0.15, 0.2) is 0 Å². The second-order valence-electron chi connectivity index (χ2n) is 5.79. The normalized spacial score (nSPS) is 19.8. The van der Waals surface area contributed by atoms with Gasteiger partial charge in [0.2, 0.25) is 10.0 Å². The predicted molar refractivity (Wildman–Crippen MR) is 80.3 cm³/mol. The number of nitrogens with one attached hydrogen (secondary N) is 1. The third-order valence-electron chi connectivity index (χ3n) is 3.63. The molecule has 0 aromatic heterocycles. The quantitative estimate of drug-likeness (QED) is 0.698. The van der Waals surface area contributed by atoms with Gasteiger partial charge in [0.05, 0.1) is 5.75 Å². The number of halogens is 1. The Kier molecular flexibility index (Phi) is 6.53. The van der Waals surface area contributed by atoms with Gasteiger partial charge in [0, 0.05) is 44.1 Å². The lowest BCUT2D eigenvalue weighted by molar-refractivity contribution is 0.0652. The van der Waals surface area contributed by atoms with Crippen molar-refractivity contribution in [3.63, 3.8) is 0 Å². The summed E-state index contributed by atoms with van der Waals surface area (Å²) in [5, 5.41) is 0. The van der Waals surface area contributed by atoms with Gasteiger partial charge in [-0.25, -0.2) is 13.1 Å². The van der Waals surface area contributed by atoms with Crippen molar-refractivity contribution in [2.24, 2.45) is 0 Å². The van der Waals surface area contributed by atoms with Gasteiger partial charge in [0.25, 0.3) is 0 Å². The van der Waals surface area contributed by atoms with Gasteiger partial charge in [-0.15, -0.1) is 11.6 Å². The summed E-state index contributed by atoms with van der Waals surface area (Å²) in [4.78, 5) is 4.63. The molecule has 0 atom stereocenters. The smallest absolute Gasteiger partial charge is 0.211 e. The van der Waals surface area contributed by atoms with Gasteiger partial charge in [-0.2, -0.15) is 0 Å². The lowest BCUT2D eigenvalue weighted by Gasteiger charge is -2.43. The van der Waals surface area contributed by atoms with Crippen LogP contribution in [0.25, 0.3) is 0 Å². The Bertz CT molecular complexity index is 365. The Morgan fingerprint density at radius 1 is 1.21 bits per heavy atom. The molecule has 1 aliphatic heterocycles. The Morgan fingerprint density at radius 2 is 1.79 bits per heavy atom. The molecule has 0 bridgehead atoms. The molecule has 1 fully saturated rings. The molecule has 0 saturated carbocycles. The monoisotopic (exact) mass is 311 g/mol. The standard InChI is InChI=1S/C12H26ClN3O2S/c1-12(2,16-8-6-15(3)7-9-16)11-14-19(17,18)10-4-5-13/h14H,4-11H2,1-3H3. The lowest BCUT2D eigenvalue weighted by atomic mass is 10.0. The molecule has 0 aliphatic carbocycles. The zero-order chi connectivity index (χ0) is 14.5. The fraction of sp³-hybridized carbons (Fsp3) is 1.00. The van der Waals surface area contributed by atoms with E-state index in [-0.39, 0.29) is 11.3 Å². The van der Waals surface area contributed by atoms with Crippen LogP contribution in [0, 0.1) is 0 Å². The number of piperazine rings is 1. The summed E-state index contributed by atoms with van der Waals surface area (Å²) in [5.74, 6) is 0.484. The van der Waals surface area contributed by atoms with E-state index in [1.165, 1.54) is 0 Å². The highest BCUT2D eigenvalue weighted by molar-refractivity contribution is 7.89. The molecule has 114 valence electrons. The van der Waals surface area contributed by atoms with Crippen molar-refractivity contribution in [3.05, 3.63) is 0 Å². The fourth-order valence-electron chi connectivity index (χ4n) is 2.13. The molecule has 1 aliphatic rings. The zero-order valence-electron chi connectivity index (χ0n) is 12.2. The molecule has 0 spiro atoms. The molecule has 1 N–H and O–H groups in total.